The van der Waals surface area contributed by atoms with Crippen molar-refractivity contribution in [2.24, 2.45) is 5.92 Å². The molecule has 20 heavy (non-hydrogen) atoms. The zero-order chi connectivity index (χ0) is 14.5. The van der Waals surface area contributed by atoms with Crippen molar-refractivity contribution in [1.29, 1.82) is 0 Å². The van der Waals surface area contributed by atoms with Gasteiger partial charge in [-0.2, -0.15) is 0 Å². The fraction of sp³-hybridized carbons (Fsp3) is 0.600. The van der Waals surface area contributed by atoms with Gasteiger partial charge in [-0.3, -0.25) is 4.79 Å². The molecule has 0 saturated carbocycles. The van der Waals surface area contributed by atoms with Gasteiger partial charge in [0.15, 0.2) is 0 Å². The van der Waals surface area contributed by atoms with Gasteiger partial charge in [-0.25, -0.2) is 4.98 Å². The third-order valence-corrected chi connectivity index (χ3v) is 3.85. The molecular weight excluding hydrogens is 274 g/mol. The number of aromatic nitrogens is 1. The van der Waals surface area contributed by atoms with Gasteiger partial charge in [-0.15, -0.1) is 0 Å². The second-order valence-corrected chi connectivity index (χ2v) is 5.95. The lowest BCUT2D eigenvalue weighted by Crippen LogP contribution is -2.48. The van der Waals surface area contributed by atoms with Crippen molar-refractivity contribution >= 4 is 23.3 Å². The van der Waals surface area contributed by atoms with Crippen molar-refractivity contribution in [3.05, 3.63) is 23.4 Å². The molecule has 0 spiro atoms. The number of carbonyl (C=O) groups is 1. The summed E-state index contributed by atoms with van der Waals surface area (Å²) < 4.78 is 0. The Kier molecular flexibility index (Phi) is 5.24. The summed E-state index contributed by atoms with van der Waals surface area (Å²) in [5.74, 6) is 1.07. The average Bonchev–Trinajstić information content (AvgIpc) is 2.44. The van der Waals surface area contributed by atoms with Crippen LogP contribution in [-0.2, 0) is 4.79 Å². The van der Waals surface area contributed by atoms with Crippen molar-refractivity contribution < 1.29 is 4.79 Å². The molecule has 0 radical (unpaired) electrons. The molecule has 1 atom stereocenters. The highest BCUT2D eigenvalue weighted by Gasteiger charge is 2.27. The van der Waals surface area contributed by atoms with E-state index >= 15 is 0 Å². The van der Waals surface area contributed by atoms with Crippen molar-refractivity contribution in [2.45, 2.75) is 39.2 Å². The minimum atomic E-state index is 0.0555. The molecule has 1 fully saturated rings. The maximum Gasteiger partial charge on any atom is 0.225 e. The van der Waals surface area contributed by atoms with E-state index in [0.29, 0.717) is 5.15 Å². The SMILES string of the molecule is CC(C)C(=O)N1CCCCC1CNc1cccc(Cl)n1. The Morgan fingerprint density at radius 2 is 2.30 bits per heavy atom. The second kappa shape index (κ2) is 6.93. The molecule has 1 aromatic rings. The molecule has 110 valence electrons. The summed E-state index contributed by atoms with van der Waals surface area (Å²) in [6.45, 7) is 5.51. The molecule has 1 unspecified atom stereocenters. The van der Waals surface area contributed by atoms with Gasteiger partial charge < -0.3 is 10.2 Å². The highest BCUT2D eigenvalue weighted by Crippen LogP contribution is 2.20. The molecule has 1 aliphatic rings. The van der Waals surface area contributed by atoms with Crippen molar-refractivity contribution in [3.63, 3.8) is 0 Å². The fourth-order valence-electron chi connectivity index (χ4n) is 2.56. The van der Waals surface area contributed by atoms with E-state index in [2.05, 4.69) is 10.3 Å². The number of likely N-dealkylation sites (tertiary alicyclic amines) is 1. The number of rotatable bonds is 4. The smallest absolute Gasteiger partial charge is 0.225 e. The van der Waals surface area contributed by atoms with Crippen LogP contribution in [-0.4, -0.2) is 34.9 Å². The second-order valence-electron chi connectivity index (χ2n) is 5.56. The Labute approximate surface area is 125 Å². The number of amides is 1. The number of nitrogens with zero attached hydrogens (tertiary/aromatic N) is 2. The number of halogens is 1. The fourth-order valence-corrected chi connectivity index (χ4v) is 2.73. The zero-order valence-electron chi connectivity index (χ0n) is 12.1. The summed E-state index contributed by atoms with van der Waals surface area (Å²) in [7, 11) is 0. The largest absolute Gasteiger partial charge is 0.368 e. The van der Waals surface area contributed by atoms with Crippen LogP contribution in [0, 0.1) is 5.92 Å². The quantitative estimate of drug-likeness (QED) is 0.868. The van der Waals surface area contributed by atoms with E-state index in [1.54, 1.807) is 6.07 Å². The van der Waals surface area contributed by atoms with Crippen LogP contribution in [0.3, 0.4) is 0 Å². The normalized spacial score (nSPS) is 19.2. The lowest BCUT2D eigenvalue weighted by atomic mass is 10.00. The number of hydrogen-bond acceptors (Lipinski definition) is 3. The van der Waals surface area contributed by atoms with E-state index in [0.717, 1.165) is 31.7 Å². The van der Waals surface area contributed by atoms with Gasteiger partial charge in [0.2, 0.25) is 5.91 Å². The Morgan fingerprint density at radius 3 is 3.00 bits per heavy atom. The first-order valence-electron chi connectivity index (χ1n) is 7.25. The Hall–Kier alpha value is -1.29. The third-order valence-electron chi connectivity index (χ3n) is 3.64. The van der Waals surface area contributed by atoms with Gasteiger partial charge in [0.1, 0.15) is 11.0 Å². The van der Waals surface area contributed by atoms with E-state index in [1.807, 2.05) is 30.9 Å². The average molecular weight is 296 g/mol. The molecule has 0 aromatic carbocycles. The Morgan fingerprint density at radius 1 is 1.50 bits per heavy atom. The summed E-state index contributed by atoms with van der Waals surface area (Å²) in [6.07, 6.45) is 3.33. The van der Waals surface area contributed by atoms with Gasteiger partial charge in [0.25, 0.3) is 0 Å². The zero-order valence-corrected chi connectivity index (χ0v) is 12.9. The first-order chi connectivity index (χ1) is 9.58. The van der Waals surface area contributed by atoms with Crippen LogP contribution in [0.5, 0.6) is 0 Å². The summed E-state index contributed by atoms with van der Waals surface area (Å²) in [5, 5.41) is 3.77. The van der Waals surface area contributed by atoms with E-state index in [9.17, 15) is 4.79 Å². The van der Waals surface area contributed by atoms with Crippen LogP contribution in [0.1, 0.15) is 33.1 Å². The van der Waals surface area contributed by atoms with E-state index in [1.165, 1.54) is 6.42 Å². The predicted octanol–water partition coefficient (Wildman–Crippen LogP) is 3.18. The summed E-state index contributed by atoms with van der Waals surface area (Å²) in [5.41, 5.74) is 0. The van der Waals surface area contributed by atoms with E-state index in [4.69, 9.17) is 11.6 Å². The van der Waals surface area contributed by atoms with Crippen LogP contribution < -0.4 is 5.32 Å². The highest BCUT2D eigenvalue weighted by atomic mass is 35.5. The molecule has 1 aromatic heterocycles. The lowest BCUT2D eigenvalue weighted by Gasteiger charge is -2.37. The van der Waals surface area contributed by atoms with Crippen LogP contribution >= 0.6 is 11.6 Å². The van der Waals surface area contributed by atoms with Crippen LogP contribution in [0.4, 0.5) is 5.82 Å². The molecule has 4 nitrogen and oxygen atoms in total. The molecule has 0 bridgehead atoms. The summed E-state index contributed by atoms with van der Waals surface area (Å²) >= 11 is 5.87. The first kappa shape index (κ1) is 15.1. The van der Waals surface area contributed by atoms with Crippen molar-refractivity contribution in [3.8, 4) is 0 Å². The lowest BCUT2D eigenvalue weighted by molar-refractivity contribution is -0.137. The molecule has 1 aliphatic heterocycles. The van der Waals surface area contributed by atoms with Gasteiger partial charge in [0, 0.05) is 25.0 Å². The molecule has 0 aliphatic carbocycles. The molecule has 1 N–H and O–H groups in total. The number of hydrogen-bond donors (Lipinski definition) is 1. The third kappa shape index (κ3) is 3.85. The standard InChI is InChI=1S/C15H22ClN3O/c1-11(2)15(20)19-9-4-3-6-12(19)10-17-14-8-5-7-13(16)18-14/h5,7-8,11-12H,3-4,6,9-10H2,1-2H3,(H,17,18). The number of anilines is 1. The van der Waals surface area contributed by atoms with E-state index < -0.39 is 0 Å². The predicted molar refractivity (Wildman–Crippen MR) is 81.9 cm³/mol. The molecule has 1 amide bonds. The Balaban J connectivity index is 1.97. The van der Waals surface area contributed by atoms with Gasteiger partial charge in [0.05, 0.1) is 0 Å². The van der Waals surface area contributed by atoms with Crippen molar-refractivity contribution in [2.75, 3.05) is 18.4 Å². The molecule has 1 saturated heterocycles. The number of carbonyl (C=O) groups excluding carboxylic acids is 1. The van der Waals surface area contributed by atoms with Crippen LogP contribution in [0.2, 0.25) is 5.15 Å². The summed E-state index contributed by atoms with van der Waals surface area (Å²) in [4.78, 5) is 18.5. The number of pyridine rings is 1. The number of nitrogens with one attached hydrogen (secondary N) is 1. The van der Waals surface area contributed by atoms with Crippen molar-refractivity contribution in [1.82, 2.24) is 9.88 Å². The maximum atomic E-state index is 12.2. The molecule has 2 rings (SSSR count). The summed E-state index contributed by atoms with van der Waals surface area (Å²) in [6, 6.07) is 5.76. The first-order valence-corrected chi connectivity index (χ1v) is 7.62. The van der Waals surface area contributed by atoms with Gasteiger partial charge in [-0.1, -0.05) is 31.5 Å². The van der Waals surface area contributed by atoms with Gasteiger partial charge >= 0.3 is 0 Å². The highest BCUT2D eigenvalue weighted by molar-refractivity contribution is 6.29. The van der Waals surface area contributed by atoms with Gasteiger partial charge in [-0.05, 0) is 31.4 Å². The maximum absolute atomic E-state index is 12.2. The van der Waals surface area contributed by atoms with Crippen LogP contribution in [0.15, 0.2) is 18.2 Å². The van der Waals surface area contributed by atoms with E-state index in [-0.39, 0.29) is 17.9 Å². The Bertz CT molecular complexity index is 464. The monoisotopic (exact) mass is 295 g/mol. The molecular formula is C15H22ClN3O. The number of piperidine rings is 1. The molecule has 5 heteroatoms. The van der Waals surface area contributed by atoms with Crippen LogP contribution in [0.25, 0.3) is 0 Å². The minimum Gasteiger partial charge on any atom is -0.368 e. The molecule has 2 heterocycles. The minimum absolute atomic E-state index is 0.0555. The topological polar surface area (TPSA) is 45.2 Å².